The van der Waals surface area contributed by atoms with Crippen molar-refractivity contribution >= 4 is 17.9 Å². The first kappa shape index (κ1) is 20.4. The Morgan fingerprint density at radius 1 is 1.00 bits per heavy atom. The fourth-order valence-electron chi connectivity index (χ4n) is 4.53. The van der Waals surface area contributed by atoms with Crippen molar-refractivity contribution in [1.29, 1.82) is 5.26 Å². The number of amides is 2. The number of hydrogen-bond acceptors (Lipinski definition) is 5. The average Bonchev–Trinajstić information content (AvgIpc) is 3.24. The van der Waals surface area contributed by atoms with Crippen LogP contribution in [0.25, 0.3) is 17.2 Å². The highest BCUT2D eigenvalue weighted by molar-refractivity contribution is 5.95. The van der Waals surface area contributed by atoms with E-state index < -0.39 is 11.6 Å². The predicted molar refractivity (Wildman–Crippen MR) is 118 cm³/mol. The van der Waals surface area contributed by atoms with Gasteiger partial charge in [-0.2, -0.15) is 5.26 Å². The smallest absolute Gasteiger partial charge is 0.254 e. The van der Waals surface area contributed by atoms with E-state index in [-0.39, 0.29) is 11.8 Å². The summed E-state index contributed by atoms with van der Waals surface area (Å²) < 4.78 is 0. The summed E-state index contributed by atoms with van der Waals surface area (Å²) in [6, 6.07) is 15.1. The van der Waals surface area contributed by atoms with Gasteiger partial charge in [0.05, 0.1) is 11.4 Å². The second-order valence-electron chi connectivity index (χ2n) is 8.69. The van der Waals surface area contributed by atoms with Crippen LogP contribution in [0.15, 0.2) is 47.5 Å². The second kappa shape index (κ2) is 7.88. The number of fused-ring (bicyclic) bond motifs is 1. The third-order valence-electron chi connectivity index (χ3n) is 6.67. The molecule has 0 aromatic heterocycles. The molecule has 7 nitrogen and oxygen atoms in total. The van der Waals surface area contributed by atoms with Crippen LogP contribution in [0.3, 0.4) is 0 Å². The van der Waals surface area contributed by atoms with Crippen LogP contribution in [-0.2, 0) is 4.79 Å². The van der Waals surface area contributed by atoms with Crippen LogP contribution in [0.1, 0.15) is 29.6 Å². The number of nitrogens with zero attached hydrogens (tertiary/aromatic N) is 4. The molecule has 32 heavy (non-hydrogen) atoms. The molecule has 1 aliphatic carbocycles. The number of carbonyl (C=O) groups is 2. The van der Waals surface area contributed by atoms with Gasteiger partial charge in [0.2, 0.25) is 0 Å². The zero-order valence-corrected chi connectivity index (χ0v) is 17.7. The van der Waals surface area contributed by atoms with Crippen molar-refractivity contribution in [3.8, 4) is 17.2 Å². The van der Waals surface area contributed by atoms with Gasteiger partial charge in [-0.25, -0.2) is 0 Å². The van der Waals surface area contributed by atoms with Gasteiger partial charge in [0, 0.05) is 31.7 Å². The summed E-state index contributed by atoms with van der Waals surface area (Å²) in [7, 11) is 0. The first-order valence-corrected chi connectivity index (χ1v) is 11.0. The molecule has 0 radical (unpaired) electrons. The molecule has 2 aliphatic heterocycles. The number of piperazine rings is 1. The minimum absolute atomic E-state index is 0.0519. The summed E-state index contributed by atoms with van der Waals surface area (Å²) in [6.45, 7) is 1.83. The fraction of sp³-hybridized carbons (Fsp3) is 0.360. The molecule has 2 aromatic rings. The summed E-state index contributed by atoms with van der Waals surface area (Å²) in [4.78, 5) is 33.2. The highest BCUT2D eigenvalue weighted by Gasteiger charge is 2.45. The maximum atomic E-state index is 12.9. The van der Waals surface area contributed by atoms with E-state index in [0.29, 0.717) is 44.6 Å². The fourth-order valence-corrected chi connectivity index (χ4v) is 4.53. The molecule has 162 valence electrons. The number of benzene rings is 2. The normalized spacial score (nSPS) is 20.9. The van der Waals surface area contributed by atoms with Gasteiger partial charge in [0.1, 0.15) is 5.60 Å². The summed E-state index contributed by atoms with van der Waals surface area (Å²) in [5.41, 5.74) is 1.43. The number of carbonyl (C=O) groups excluding carboxylic acids is 2. The van der Waals surface area contributed by atoms with E-state index in [1.807, 2.05) is 48.5 Å². The van der Waals surface area contributed by atoms with Gasteiger partial charge < -0.3 is 14.9 Å². The van der Waals surface area contributed by atoms with E-state index >= 15 is 0 Å². The van der Waals surface area contributed by atoms with E-state index in [2.05, 4.69) is 11.1 Å². The van der Waals surface area contributed by atoms with Crippen molar-refractivity contribution < 1.29 is 14.7 Å². The first-order valence-electron chi connectivity index (χ1n) is 11.0. The van der Waals surface area contributed by atoms with Gasteiger partial charge in [0.25, 0.3) is 11.8 Å². The maximum absolute atomic E-state index is 12.9. The van der Waals surface area contributed by atoms with Crippen molar-refractivity contribution in [3.63, 3.8) is 0 Å². The lowest BCUT2D eigenvalue weighted by Gasteiger charge is -2.42. The van der Waals surface area contributed by atoms with Crippen LogP contribution in [0, 0.1) is 11.3 Å². The molecule has 1 saturated heterocycles. The van der Waals surface area contributed by atoms with E-state index in [1.165, 1.54) is 0 Å². The van der Waals surface area contributed by atoms with Gasteiger partial charge in [0.15, 0.2) is 6.04 Å². The standard InChI is InChI=1S/C25H24N4O3/c26-16-21-15-20-14-19(6-7-22(20)27-21)17-2-4-18(5-3-17)23(30)28-10-12-29(13-11-28)24(31)25(32)8-1-9-25/h2-7,14-15,21,32H,1,8-13H2. The lowest BCUT2D eigenvalue weighted by Crippen LogP contribution is -2.58. The van der Waals surface area contributed by atoms with Gasteiger partial charge in [-0.15, -0.1) is 0 Å². The third kappa shape index (κ3) is 3.57. The van der Waals surface area contributed by atoms with E-state index in [0.717, 1.165) is 28.1 Å². The summed E-state index contributed by atoms with van der Waals surface area (Å²) in [5, 5.41) is 21.1. The van der Waals surface area contributed by atoms with Gasteiger partial charge in [-0.05, 0) is 65.9 Å². The Morgan fingerprint density at radius 2 is 1.66 bits per heavy atom. The third-order valence-corrected chi connectivity index (χ3v) is 6.67. The minimum atomic E-state index is -1.18. The molecule has 2 fully saturated rings. The van der Waals surface area contributed by atoms with Gasteiger partial charge in [-0.1, -0.05) is 18.2 Å². The molecule has 1 N–H and O–H groups in total. The molecule has 1 unspecified atom stereocenters. The quantitative estimate of drug-likeness (QED) is 0.784. The molecule has 7 heteroatoms. The van der Waals surface area contributed by atoms with Crippen molar-refractivity contribution in [3.05, 3.63) is 58.6 Å². The molecule has 0 spiro atoms. The van der Waals surface area contributed by atoms with E-state index in [9.17, 15) is 14.7 Å². The predicted octanol–water partition coefficient (Wildman–Crippen LogP) is 0.859. The Bertz CT molecular complexity index is 1230. The maximum Gasteiger partial charge on any atom is 0.254 e. The second-order valence-corrected chi connectivity index (χ2v) is 8.69. The van der Waals surface area contributed by atoms with Crippen LogP contribution < -0.4 is 10.6 Å². The molecule has 0 bridgehead atoms. The molecule has 5 rings (SSSR count). The zero-order chi connectivity index (χ0) is 22.3. The Hall–Kier alpha value is -3.50. The molecular formula is C25H24N4O3. The summed E-state index contributed by atoms with van der Waals surface area (Å²) in [5.74, 6) is -0.246. The summed E-state index contributed by atoms with van der Waals surface area (Å²) >= 11 is 0. The monoisotopic (exact) mass is 428 g/mol. The lowest BCUT2D eigenvalue weighted by atomic mass is 9.79. The van der Waals surface area contributed by atoms with Crippen molar-refractivity contribution in [2.45, 2.75) is 30.9 Å². The average molecular weight is 428 g/mol. The largest absolute Gasteiger partial charge is 0.380 e. The van der Waals surface area contributed by atoms with Crippen LogP contribution in [0.2, 0.25) is 0 Å². The molecule has 1 atom stereocenters. The Labute approximate surface area is 185 Å². The van der Waals surface area contributed by atoms with Crippen LogP contribution >= 0.6 is 0 Å². The topological polar surface area (TPSA) is 97.0 Å². The Morgan fingerprint density at radius 3 is 2.28 bits per heavy atom. The number of aliphatic hydroxyl groups is 1. The molecular weight excluding hydrogens is 404 g/mol. The molecule has 3 aliphatic rings. The van der Waals surface area contributed by atoms with Gasteiger partial charge in [-0.3, -0.25) is 14.6 Å². The van der Waals surface area contributed by atoms with Crippen molar-refractivity contribution in [2.75, 3.05) is 26.2 Å². The SMILES string of the molecule is N#CC1C=c2cc(-c3ccc(C(=O)N4CCN(C(=O)C5(O)CCC5)CC4)cc3)ccc2=N1. The number of nitriles is 1. The molecule has 2 aromatic carbocycles. The molecule has 1 saturated carbocycles. The Balaban J connectivity index is 1.25. The summed E-state index contributed by atoms with van der Waals surface area (Å²) in [6.07, 6.45) is 3.81. The van der Waals surface area contributed by atoms with Gasteiger partial charge >= 0.3 is 0 Å². The lowest BCUT2D eigenvalue weighted by molar-refractivity contribution is -0.161. The zero-order valence-electron chi connectivity index (χ0n) is 17.7. The molecule has 2 heterocycles. The van der Waals surface area contributed by atoms with Crippen LogP contribution in [-0.4, -0.2) is 64.5 Å². The van der Waals surface area contributed by atoms with Crippen molar-refractivity contribution in [2.24, 2.45) is 4.99 Å². The van der Waals surface area contributed by atoms with Crippen LogP contribution in [0.4, 0.5) is 0 Å². The highest BCUT2D eigenvalue weighted by Crippen LogP contribution is 2.33. The minimum Gasteiger partial charge on any atom is -0.380 e. The van der Waals surface area contributed by atoms with E-state index in [1.54, 1.807) is 9.80 Å². The van der Waals surface area contributed by atoms with Crippen molar-refractivity contribution in [1.82, 2.24) is 9.80 Å². The van der Waals surface area contributed by atoms with Crippen LogP contribution in [0.5, 0.6) is 0 Å². The number of hydrogen-bond donors (Lipinski definition) is 1. The highest BCUT2D eigenvalue weighted by atomic mass is 16.3. The molecule has 2 amide bonds. The first-order chi connectivity index (χ1) is 15.5. The van der Waals surface area contributed by atoms with E-state index in [4.69, 9.17) is 5.26 Å². The Kier molecular flexibility index (Phi) is 5.03. The number of rotatable bonds is 3.